The van der Waals surface area contributed by atoms with Gasteiger partial charge in [-0.1, -0.05) is 18.2 Å². The Labute approximate surface area is 181 Å². The summed E-state index contributed by atoms with van der Waals surface area (Å²) >= 11 is 0. The van der Waals surface area contributed by atoms with E-state index in [-0.39, 0.29) is 12.5 Å². The highest BCUT2D eigenvalue weighted by molar-refractivity contribution is 5.92. The SMILES string of the molecule is COc1ccc(-c2nc3ccccc3n2CC(=O)Nc2ccc(C)c(C)c2)cc1OC. The molecule has 0 atom stereocenters. The van der Waals surface area contributed by atoms with Crippen molar-refractivity contribution in [1.29, 1.82) is 0 Å². The lowest BCUT2D eigenvalue weighted by Crippen LogP contribution is -2.19. The van der Waals surface area contributed by atoms with E-state index in [0.29, 0.717) is 17.3 Å². The summed E-state index contributed by atoms with van der Waals surface area (Å²) in [6.45, 7) is 4.22. The molecule has 0 aliphatic heterocycles. The molecule has 0 aliphatic carbocycles. The number of rotatable bonds is 6. The molecule has 1 aromatic heterocycles. The summed E-state index contributed by atoms with van der Waals surface area (Å²) < 4.78 is 12.7. The summed E-state index contributed by atoms with van der Waals surface area (Å²) in [4.78, 5) is 17.7. The number of nitrogens with one attached hydrogen (secondary N) is 1. The van der Waals surface area contributed by atoms with Gasteiger partial charge in [0.25, 0.3) is 0 Å². The van der Waals surface area contributed by atoms with Crippen LogP contribution in [0.4, 0.5) is 5.69 Å². The van der Waals surface area contributed by atoms with Gasteiger partial charge >= 0.3 is 0 Å². The molecular formula is C25H25N3O3. The smallest absolute Gasteiger partial charge is 0.244 e. The van der Waals surface area contributed by atoms with E-state index < -0.39 is 0 Å². The van der Waals surface area contributed by atoms with Crippen molar-refractivity contribution >= 4 is 22.6 Å². The van der Waals surface area contributed by atoms with Gasteiger partial charge in [-0.15, -0.1) is 0 Å². The highest BCUT2D eigenvalue weighted by Gasteiger charge is 2.17. The number of methoxy groups -OCH3 is 2. The molecule has 0 fully saturated rings. The molecule has 1 heterocycles. The second kappa shape index (κ2) is 8.52. The first kappa shape index (κ1) is 20.5. The zero-order valence-electron chi connectivity index (χ0n) is 18.1. The molecule has 4 aromatic rings. The molecule has 0 unspecified atom stereocenters. The van der Waals surface area contributed by atoms with Crippen molar-refractivity contribution in [3.63, 3.8) is 0 Å². The van der Waals surface area contributed by atoms with Gasteiger partial charge in [-0.05, 0) is 67.4 Å². The molecule has 31 heavy (non-hydrogen) atoms. The Morgan fingerprint density at radius 2 is 1.71 bits per heavy atom. The fourth-order valence-corrected chi connectivity index (χ4v) is 3.59. The molecular weight excluding hydrogens is 390 g/mol. The van der Waals surface area contributed by atoms with Crippen LogP contribution in [0, 0.1) is 13.8 Å². The normalized spacial score (nSPS) is 10.8. The fourth-order valence-electron chi connectivity index (χ4n) is 3.59. The summed E-state index contributed by atoms with van der Waals surface area (Å²) in [5, 5.41) is 3.00. The number of nitrogens with zero attached hydrogens (tertiary/aromatic N) is 2. The second-order valence-corrected chi connectivity index (χ2v) is 7.43. The van der Waals surface area contributed by atoms with Crippen molar-refractivity contribution in [1.82, 2.24) is 9.55 Å². The quantitative estimate of drug-likeness (QED) is 0.483. The minimum absolute atomic E-state index is 0.117. The number of imidazole rings is 1. The van der Waals surface area contributed by atoms with Crippen molar-refractivity contribution in [3.8, 4) is 22.9 Å². The number of ether oxygens (including phenoxy) is 2. The van der Waals surface area contributed by atoms with Crippen LogP contribution in [-0.4, -0.2) is 29.7 Å². The average molecular weight is 415 g/mol. The van der Waals surface area contributed by atoms with E-state index in [1.54, 1.807) is 14.2 Å². The van der Waals surface area contributed by atoms with Gasteiger partial charge < -0.3 is 19.4 Å². The van der Waals surface area contributed by atoms with Crippen LogP contribution in [0.25, 0.3) is 22.4 Å². The molecule has 0 saturated carbocycles. The van der Waals surface area contributed by atoms with E-state index in [1.165, 1.54) is 5.56 Å². The van der Waals surface area contributed by atoms with Crippen LogP contribution in [0.15, 0.2) is 60.7 Å². The highest BCUT2D eigenvalue weighted by atomic mass is 16.5. The molecule has 6 nitrogen and oxygen atoms in total. The van der Waals surface area contributed by atoms with E-state index in [1.807, 2.05) is 79.1 Å². The van der Waals surface area contributed by atoms with E-state index in [2.05, 4.69) is 5.32 Å². The van der Waals surface area contributed by atoms with E-state index in [0.717, 1.165) is 27.8 Å². The topological polar surface area (TPSA) is 65.4 Å². The van der Waals surface area contributed by atoms with Gasteiger partial charge in [-0.2, -0.15) is 0 Å². The molecule has 0 spiro atoms. The van der Waals surface area contributed by atoms with Gasteiger partial charge in [0.05, 0.1) is 25.3 Å². The third-order valence-electron chi connectivity index (χ3n) is 5.39. The number of fused-ring (bicyclic) bond motifs is 1. The summed E-state index contributed by atoms with van der Waals surface area (Å²) in [7, 11) is 3.20. The van der Waals surface area contributed by atoms with Crippen LogP contribution < -0.4 is 14.8 Å². The van der Waals surface area contributed by atoms with Gasteiger partial charge in [0.2, 0.25) is 5.91 Å². The molecule has 6 heteroatoms. The standard InChI is InChI=1S/C25H25N3O3/c1-16-9-11-19(13-17(16)2)26-24(29)15-28-21-8-6-5-7-20(21)27-25(28)18-10-12-22(30-3)23(14-18)31-4/h5-14H,15H2,1-4H3,(H,26,29). The Morgan fingerprint density at radius 3 is 2.45 bits per heavy atom. The summed E-state index contributed by atoms with van der Waals surface area (Å²) in [6.07, 6.45) is 0. The monoisotopic (exact) mass is 415 g/mol. The van der Waals surface area contributed by atoms with E-state index in [4.69, 9.17) is 14.5 Å². The van der Waals surface area contributed by atoms with Gasteiger partial charge in [0.15, 0.2) is 11.5 Å². The van der Waals surface area contributed by atoms with Crippen molar-refractivity contribution < 1.29 is 14.3 Å². The molecule has 0 aliphatic rings. The Morgan fingerprint density at radius 1 is 0.935 bits per heavy atom. The average Bonchev–Trinajstić information content (AvgIpc) is 3.14. The Hall–Kier alpha value is -3.80. The largest absolute Gasteiger partial charge is 0.493 e. The van der Waals surface area contributed by atoms with Crippen molar-refractivity contribution in [2.75, 3.05) is 19.5 Å². The first-order chi connectivity index (χ1) is 15.0. The van der Waals surface area contributed by atoms with Crippen molar-refractivity contribution in [2.45, 2.75) is 20.4 Å². The highest BCUT2D eigenvalue weighted by Crippen LogP contribution is 2.33. The third kappa shape index (κ3) is 4.10. The minimum Gasteiger partial charge on any atom is -0.493 e. The predicted molar refractivity (Wildman–Crippen MR) is 123 cm³/mol. The maximum Gasteiger partial charge on any atom is 0.244 e. The van der Waals surface area contributed by atoms with Gasteiger partial charge in [-0.25, -0.2) is 4.98 Å². The number of aryl methyl sites for hydroxylation is 2. The van der Waals surface area contributed by atoms with Gasteiger partial charge in [0, 0.05) is 11.3 Å². The number of anilines is 1. The molecule has 1 N–H and O–H groups in total. The minimum atomic E-state index is -0.117. The van der Waals surface area contributed by atoms with Crippen LogP contribution in [0.3, 0.4) is 0 Å². The van der Waals surface area contributed by atoms with Gasteiger partial charge in [0.1, 0.15) is 12.4 Å². The molecule has 0 radical (unpaired) electrons. The Bertz CT molecular complexity index is 1260. The zero-order chi connectivity index (χ0) is 22.0. The first-order valence-corrected chi connectivity index (χ1v) is 10.0. The van der Waals surface area contributed by atoms with Crippen LogP contribution >= 0.6 is 0 Å². The maximum atomic E-state index is 12.9. The number of amides is 1. The molecule has 3 aromatic carbocycles. The second-order valence-electron chi connectivity index (χ2n) is 7.43. The zero-order valence-corrected chi connectivity index (χ0v) is 18.1. The van der Waals surface area contributed by atoms with E-state index in [9.17, 15) is 4.79 Å². The van der Waals surface area contributed by atoms with Crippen LogP contribution in [0.2, 0.25) is 0 Å². The molecule has 158 valence electrons. The van der Waals surface area contributed by atoms with E-state index >= 15 is 0 Å². The maximum absolute atomic E-state index is 12.9. The number of para-hydroxylation sites is 2. The molecule has 1 amide bonds. The Balaban J connectivity index is 1.71. The fraction of sp³-hybridized carbons (Fsp3) is 0.200. The lowest BCUT2D eigenvalue weighted by Gasteiger charge is -2.13. The lowest BCUT2D eigenvalue weighted by atomic mass is 10.1. The number of carbonyl (C=O) groups is 1. The number of hydrogen-bond donors (Lipinski definition) is 1. The third-order valence-corrected chi connectivity index (χ3v) is 5.39. The van der Waals surface area contributed by atoms with Crippen LogP contribution in [0.5, 0.6) is 11.5 Å². The van der Waals surface area contributed by atoms with Crippen LogP contribution in [-0.2, 0) is 11.3 Å². The summed E-state index contributed by atoms with van der Waals surface area (Å²) in [6, 6.07) is 19.3. The number of aromatic nitrogens is 2. The number of carbonyl (C=O) groups excluding carboxylic acids is 1. The first-order valence-electron chi connectivity index (χ1n) is 10.0. The molecule has 0 saturated heterocycles. The molecule has 4 rings (SSSR count). The van der Waals surface area contributed by atoms with Crippen molar-refractivity contribution in [2.24, 2.45) is 0 Å². The summed E-state index contributed by atoms with van der Waals surface area (Å²) in [5.41, 5.74) is 5.66. The number of benzene rings is 3. The van der Waals surface area contributed by atoms with Gasteiger partial charge in [-0.3, -0.25) is 4.79 Å². The number of hydrogen-bond acceptors (Lipinski definition) is 4. The van der Waals surface area contributed by atoms with Crippen LogP contribution in [0.1, 0.15) is 11.1 Å². The predicted octanol–water partition coefficient (Wildman–Crippen LogP) is 4.98. The lowest BCUT2D eigenvalue weighted by molar-refractivity contribution is -0.116. The molecule has 0 bridgehead atoms. The Kier molecular flexibility index (Phi) is 5.62. The van der Waals surface area contributed by atoms with Crippen molar-refractivity contribution in [3.05, 3.63) is 71.8 Å². The summed E-state index contributed by atoms with van der Waals surface area (Å²) in [5.74, 6) is 1.82.